The Kier molecular flexibility index (Phi) is 4.55. The molecule has 5 rings (SSSR count). The number of fused-ring (bicyclic) bond motifs is 1. The Hall–Kier alpha value is -2.79. The molecule has 148 valence electrons. The maximum atomic E-state index is 13.9. The first-order valence-corrected chi connectivity index (χ1v) is 10.3. The largest absolute Gasteiger partial charge is 0.339 e. The van der Waals surface area contributed by atoms with Gasteiger partial charge in [0.05, 0.1) is 16.8 Å². The van der Waals surface area contributed by atoms with Gasteiger partial charge in [-0.1, -0.05) is 30.3 Å². The van der Waals surface area contributed by atoms with Gasteiger partial charge in [0.15, 0.2) is 0 Å². The molecule has 3 heterocycles. The number of piperidine rings is 1. The molecule has 4 nitrogen and oxygen atoms in total. The second-order valence-electron chi connectivity index (χ2n) is 8.30. The van der Waals surface area contributed by atoms with Gasteiger partial charge in [0.1, 0.15) is 5.82 Å². The highest BCUT2D eigenvalue weighted by molar-refractivity contribution is 6.07. The maximum Gasteiger partial charge on any atom is 0.254 e. The summed E-state index contributed by atoms with van der Waals surface area (Å²) < 4.78 is 13.9. The molecule has 0 bridgehead atoms. The smallest absolute Gasteiger partial charge is 0.254 e. The highest BCUT2D eigenvalue weighted by Crippen LogP contribution is 2.37. The minimum absolute atomic E-state index is 0.0157. The highest BCUT2D eigenvalue weighted by atomic mass is 19.1. The van der Waals surface area contributed by atoms with Crippen LogP contribution in [-0.2, 0) is 0 Å². The number of nitrogens with one attached hydrogen (secondary N) is 1. The third-order valence-corrected chi connectivity index (χ3v) is 6.52. The third kappa shape index (κ3) is 3.40. The van der Waals surface area contributed by atoms with Gasteiger partial charge in [-0.05, 0) is 49.4 Å². The maximum absolute atomic E-state index is 13.9. The summed E-state index contributed by atoms with van der Waals surface area (Å²) in [6.45, 7) is 3.68. The molecule has 1 N–H and O–H groups in total. The Balaban J connectivity index is 1.52. The monoisotopic (exact) mass is 389 g/mol. The number of carbonyl (C=O) groups is 1. The van der Waals surface area contributed by atoms with Crippen molar-refractivity contribution >= 4 is 16.8 Å². The molecule has 1 amide bonds. The Morgan fingerprint density at radius 1 is 1.03 bits per heavy atom. The molecule has 0 atom stereocenters. The van der Waals surface area contributed by atoms with Crippen LogP contribution in [0.2, 0.25) is 0 Å². The molecule has 0 saturated carbocycles. The van der Waals surface area contributed by atoms with Crippen molar-refractivity contribution in [1.29, 1.82) is 0 Å². The van der Waals surface area contributed by atoms with Gasteiger partial charge in [-0.25, -0.2) is 9.37 Å². The van der Waals surface area contributed by atoms with E-state index in [2.05, 4.69) is 10.3 Å². The lowest BCUT2D eigenvalue weighted by Crippen LogP contribution is -2.44. The first-order valence-electron chi connectivity index (χ1n) is 10.3. The third-order valence-electron chi connectivity index (χ3n) is 6.52. The van der Waals surface area contributed by atoms with Crippen molar-refractivity contribution in [3.05, 3.63) is 66.0 Å². The molecular formula is C24H24FN3O. The van der Waals surface area contributed by atoms with Crippen LogP contribution < -0.4 is 5.32 Å². The number of carbonyl (C=O) groups excluding carboxylic acids is 1. The number of likely N-dealkylation sites (tertiary alicyclic amines) is 1. The minimum Gasteiger partial charge on any atom is -0.339 e. The van der Waals surface area contributed by atoms with E-state index < -0.39 is 0 Å². The molecule has 1 aromatic heterocycles. The molecule has 2 fully saturated rings. The molecule has 3 aromatic rings. The summed E-state index contributed by atoms with van der Waals surface area (Å²) in [5, 5.41) is 4.17. The first-order chi connectivity index (χ1) is 14.1. The molecule has 2 aromatic carbocycles. The second-order valence-corrected chi connectivity index (χ2v) is 8.30. The number of nitrogens with zero attached hydrogens (tertiary/aromatic N) is 2. The number of amides is 1. The molecule has 29 heavy (non-hydrogen) atoms. The van der Waals surface area contributed by atoms with Crippen LogP contribution in [0.3, 0.4) is 0 Å². The van der Waals surface area contributed by atoms with E-state index in [-0.39, 0.29) is 11.7 Å². The molecule has 0 unspecified atom stereocenters. The van der Waals surface area contributed by atoms with Gasteiger partial charge in [0, 0.05) is 36.7 Å². The number of hydrogen-bond donors (Lipinski definition) is 1. The zero-order chi connectivity index (χ0) is 19.8. The van der Waals surface area contributed by atoms with Gasteiger partial charge in [-0.2, -0.15) is 0 Å². The predicted molar refractivity (Wildman–Crippen MR) is 112 cm³/mol. The van der Waals surface area contributed by atoms with Crippen molar-refractivity contribution in [1.82, 2.24) is 15.2 Å². The van der Waals surface area contributed by atoms with Crippen molar-refractivity contribution < 1.29 is 9.18 Å². The molecule has 2 aliphatic rings. The number of rotatable bonds is 2. The fraction of sp³-hybridized carbons (Fsp3) is 0.333. The Morgan fingerprint density at radius 3 is 2.55 bits per heavy atom. The fourth-order valence-corrected chi connectivity index (χ4v) is 4.71. The van der Waals surface area contributed by atoms with Crippen molar-refractivity contribution in [3.63, 3.8) is 0 Å². The van der Waals surface area contributed by atoms with Crippen LogP contribution in [0.1, 0.15) is 29.6 Å². The number of halogens is 1. The Labute approximate surface area is 169 Å². The first kappa shape index (κ1) is 18.3. The fourth-order valence-electron chi connectivity index (χ4n) is 4.71. The number of hydrogen-bond acceptors (Lipinski definition) is 3. The minimum atomic E-state index is -0.345. The van der Waals surface area contributed by atoms with E-state index in [1.165, 1.54) is 18.6 Å². The standard InChI is InChI=1S/C24H24FN3O/c25-18-6-7-19-20(15-21(27-22(19)14-18)17-4-2-1-3-5-17)23(29)28-12-9-24(10-13-28)8-11-26-16-24/h1-7,14-15,26H,8-13,16H2. The number of pyridine rings is 1. The van der Waals surface area contributed by atoms with E-state index in [1.54, 1.807) is 6.07 Å². The quantitative estimate of drug-likeness (QED) is 0.712. The van der Waals surface area contributed by atoms with Crippen molar-refractivity contribution in [2.45, 2.75) is 19.3 Å². The van der Waals surface area contributed by atoms with Crippen molar-refractivity contribution in [3.8, 4) is 11.3 Å². The van der Waals surface area contributed by atoms with E-state index in [1.807, 2.05) is 41.3 Å². The predicted octanol–water partition coefficient (Wildman–Crippen LogP) is 4.26. The van der Waals surface area contributed by atoms with Crippen LogP contribution >= 0.6 is 0 Å². The second kappa shape index (κ2) is 7.23. The normalized spacial score (nSPS) is 18.4. The summed E-state index contributed by atoms with van der Waals surface area (Å²) in [5.74, 6) is -0.329. The van der Waals surface area contributed by atoms with Gasteiger partial charge >= 0.3 is 0 Å². The molecule has 0 aliphatic carbocycles. The van der Waals surface area contributed by atoms with Crippen LogP contribution in [0.15, 0.2) is 54.6 Å². The number of aromatic nitrogens is 1. The molecular weight excluding hydrogens is 365 g/mol. The van der Waals surface area contributed by atoms with E-state index in [4.69, 9.17) is 0 Å². The zero-order valence-electron chi connectivity index (χ0n) is 16.3. The van der Waals surface area contributed by atoms with E-state index >= 15 is 0 Å². The Bertz CT molecular complexity index is 1050. The van der Waals surface area contributed by atoms with Crippen LogP contribution in [0.4, 0.5) is 4.39 Å². The Morgan fingerprint density at radius 2 is 1.83 bits per heavy atom. The summed E-state index contributed by atoms with van der Waals surface area (Å²) >= 11 is 0. The lowest BCUT2D eigenvalue weighted by molar-refractivity contribution is 0.0609. The van der Waals surface area contributed by atoms with Crippen LogP contribution in [-0.4, -0.2) is 42.0 Å². The van der Waals surface area contributed by atoms with Crippen LogP contribution in [0, 0.1) is 11.2 Å². The zero-order valence-corrected chi connectivity index (χ0v) is 16.3. The number of benzene rings is 2. The summed E-state index contributed by atoms with van der Waals surface area (Å²) in [6, 6.07) is 16.1. The lowest BCUT2D eigenvalue weighted by atomic mass is 9.77. The van der Waals surface area contributed by atoms with E-state index in [0.717, 1.165) is 44.6 Å². The lowest BCUT2D eigenvalue weighted by Gasteiger charge is -2.39. The topological polar surface area (TPSA) is 45.2 Å². The van der Waals surface area contributed by atoms with Gasteiger partial charge in [0.25, 0.3) is 5.91 Å². The molecule has 2 aliphatic heterocycles. The molecule has 0 radical (unpaired) electrons. The van der Waals surface area contributed by atoms with Gasteiger partial charge < -0.3 is 10.2 Å². The van der Waals surface area contributed by atoms with Crippen LogP contribution in [0.5, 0.6) is 0 Å². The van der Waals surface area contributed by atoms with Gasteiger partial charge in [0.2, 0.25) is 0 Å². The average molecular weight is 389 g/mol. The molecule has 2 saturated heterocycles. The summed E-state index contributed by atoms with van der Waals surface area (Å²) in [5.41, 5.74) is 3.09. The van der Waals surface area contributed by atoms with E-state index in [0.29, 0.717) is 27.6 Å². The summed E-state index contributed by atoms with van der Waals surface area (Å²) in [4.78, 5) is 20.1. The van der Waals surface area contributed by atoms with Gasteiger partial charge in [-0.15, -0.1) is 0 Å². The average Bonchev–Trinajstić information content (AvgIpc) is 3.21. The summed E-state index contributed by atoms with van der Waals surface area (Å²) in [6.07, 6.45) is 3.27. The SMILES string of the molecule is O=C(c1cc(-c2ccccc2)nc2cc(F)ccc12)N1CCC2(CCNC2)CC1. The summed E-state index contributed by atoms with van der Waals surface area (Å²) in [7, 11) is 0. The molecule has 1 spiro atoms. The van der Waals surface area contributed by atoms with E-state index in [9.17, 15) is 9.18 Å². The van der Waals surface area contributed by atoms with Crippen molar-refractivity contribution in [2.24, 2.45) is 5.41 Å². The van der Waals surface area contributed by atoms with Gasteiger partial charge in [-0.3, -0.25) is 4.79 Å². The molecule has 5 heteroatoms. The van der Waals surface area contributed by atoms with Crippen LogP contribution in [0.25, 0.3) is 22.2 Å². The van der Waals surface area contributed by atoms with Crippen molar-refractivity contribution in [2.75, 3.05) is 26.2 Å². The highest BCUT2D eigenvalue weighted by Gasteiger charge is 2.38.